The summed E-state index contributed by atoms with van der Waals surface area (Å²) in [5, 5.41) is 0.470. The van der Waals surface area contributed by atoms with E-state index < -0.39 is 6.10 Å². The number of halogens is 1. The molecule has 0 bridgehead atoms. The minimum absolute atomic E-state index is 0.0909. The highest BCUT2D eigenvalue weighted by Gasteiger charge is 2.28. The maximum Gasteiger partial charge on any atom is 0.260 e. The van der Waals surface area contributed by atoms with Crippen molar-refractivity contribution in [3.63, 3.8) is 0 Å². The molecule has 2 heterocycles. The lowest BCUT2D eigenvalue weighted by molar-refractivity contribution is -0.141. The van der Waals surface area contributed by atoms with Gasteiger partial charge in [-0.15, -0.1) is 0 Å². The summed E-state index contributed by atoms with van der Waals surface area (Å²) in [5.74, 6) is 0.644. The van der Waals surface area contributed by atoms with E-state index in [1.54, 1.807) is 35.4 Å². The SMILES string of the molecule is Nc1nccnc1C1CN(C(=O)COc2ccccc2Cl)CCO1. The van der Waals surface area contributed by atoms with Gasteiger partial charge in [0.25, 0.3) is 5.91 Å². The second kappa shape index (κ2) is 7.46. The molecular weight excluding hydrogens is 332 g/mol. The van der Waals surface area contributed by atoms with Crippen LogP contribution in [0.1, 0.15) is 11.8 Å². The van der Waals surface area contributed by atoms with Gasteiger partial charge in [0.2, 0.25) is 0 Å². The average molecular weight is 349 g/mol. The number of hydrogen-bond acceptors (Lipinski definition) is 6. The van der Waals surface area contributed by atoms with Crippen LogP contribution in [0.5, 0.6) is 5.75 Å². The Labute approximate surface area is 144 Å². The molecule has 0 saturated carbocycles. The number of hydrogen-bond donors (Lipinski definition) is 1. The fourth-order valence-electron chi connectivity index (χ4n) is 2.44. The van der Waals surface area contributed by atoms with Crippen LogP contribution in [0.3, 0.4) is 0 Å². The number of benzene rings is 1. The van der Waals surface area contributed by atoms with Crippen molar-refractivity contribution in [2.45, 2.75) is 6.10 Å². The second-order valence-corrected chi connectivity index (χ2v) is 5.65. The number of para-hydroxylation sites is 1. The molecular formula is C16H17ClN4O3. The lowest BCUT2D eigenvalue weighted by Gasteiger charge is -2.32. The van der Waals surface area contributed by atoms with Crippen molar-refractivity contribution >= 4 is 23.3 Å². The van der Waals surface area contributed by atoms with Crippen LogP contribution in [0, 0.1) is 0 Å². The van der Waals surface area contributed by atoms with Crippen molar-refractivity contribution in [2.75, 3.05) is 32.0 Å². The number of nitrogens with two attached hydrogens (primary N) is 1. The lowest BCUT2D eigenvalue weighted by atomic mass is 10.2. The first-order valence-corrected chi connectivity index (χ1v) is 7.86. The zero-order valence-electron chi connectivity index (χ0n) is 12.9. The van der Waals surface area contributed by atoms with E-state index in [0.717, 1.165) is 0 Å². The fraction of sp³-hybridized carbons (Fsp3) is 0.312. The third-order valence-corrected chi connectivity index (χ3v) is 3.98. The highest BCUT2D eigenvalue weighted by atomic mass is 35.5. The summed E-state index contributed by atoms with van der Waals surface area (Å²) in [6.07, 6.45) is 2.68. The van der Waals surface area contributed by atoms with Crippen LogP contribution >= 0.6 is 11.6 Å². The average Bonchev–Trinajstić information content (AvgIpc) is 2.61. The number of carbonyl (C=O) groups is 1. The zero-order chi connectivity index (χ0) is 16.9. The number of nitrogen functional groups attached to an aromatic ring is 1. The smallest absolute Gasteiger partial charge is 0.260 e. The van der Waals surface area contributed by atoms with Gasteiger partial charge in [-0.1, -0.05) is 23.7 Å². The Bertz CT molecular complexity index is 728. The molecule has 1 atom stereocenters. The predicted octanol–water partition coefficient (Wildman–Crippen LogP) is 1.69. The van der Waals surface area contributed by atoms with Crippen molar-refractivity contribution in [1.29, 1.82) is 0 Å². The number of nitrogens with zero attached hydrogens (tertiary/aromatic N) is 3. The largest absolute Gasteiger partial charge is 0.482 e. The molecule has 1 aromatic carbocycles. The van der Waals surface area contributed by atoms with E-state index in [1.165, 1.54) is 6.20 Å². The van der Waals surface area contributed by atoms with Gasteiger partial charge in [-0.05, 0) is 12.1 Å². The molecule has 1 unspecified atom stereocenters. The monoisotopic (exact) mass is 348 g/mol. The highest BCUT2D eigenvalue weighted by Crippen LogP contribution is 2.25. The molecule has 1 saturated heterocycles. The minimum atomic E-state index is -0.392. The standard InChI is InChI=1S/C16H17ClN4O3/c17-11-3-1-2-4-12(11)24-10-14(22)21-7-8-23-13(9-21)15-16(18)20-6-5-19-15/h1-6,13H,7-10H2,(H2,18,20). The molecule has 7 nitrogen and oxygen atoms in total. The molecule has 3 rings (SSSR count). The number of carbonyl (C=O) groups excluding carboxylic acids is 1. The summed E-state index contributed by atoms with van der Waals surface area (Å²) >= 11 is 6.02. The first-order chi connectivity index (χ1) is 11.6. The summed E-state index contributed by atoms with van der Waals surface area (Å²) in [5.41, 5.74) is 6.37. The van der Waals surface area contributed by atoms with Gasteiger partial charge in [-0.3, -0.25) is 9.78 Å². The van der Waals surface area contributed by atoms with Crippen molar-refractivity contribution in [3.8, 4) is 5.75 Å². The number of aromatic nitrogens is 2. The van der Waals surface area contributed by atoms with E-state index in [1.807, 2.05) is 0 Å². The molecule has 1 aliphatic rings. The molecule has 1 fully saturated rings. The van der Waals surface area contributed by atoms with Crippen LogP contribution in [0.2, 0.25) is 5.02 Å². The Morgan fingerprint density at radius 2 is 2.17 bits per heavy atom. The van der Waals surface area contributed by atoms with Gasteiger partial charge in [-0.2, -0.15) is 0 Å². The van der Waals surface area contributed by atoms with Crippen molar-refractivity contribution in [3.05, 3.63) is 47.4 Å². The summed E-state index contributed by atoms with van der Waals surface area (Å²) < 4.78 is 11.2. The van der Waals surface area contributed by atoms with Crippen LogP contribution in [0.25, 0.3) is 0 Å². The molecule has 1 aromatic heterocycles. The Balaban J connectivity index is 1.61. The summed E-state index contributed by atoms with van der Waals surface area (Å²) in [4.78, 5) is 22.2. The molecule has 8 heteroatoms. The molecule has 1 aliphatic heterocycles. The normalized spacial score (nSPS) is 17.5. The van der Waals surface area contributed by atoms with Gasteiger partial charge in [0.1, 0.15) is 23.4 Å². The van der Waals surface area contributed by atoms with Crippen LogP contribution in [0.4, 0.5) is 5.82 Å². The predicted molar refractivity (Wildman–Crippen MR) is 88.7 cm³/mol. The van der Waals surface area contributed by atoms with Crippen molar-refractivity contribution in [2.24, 2.45) is 0 Å². The maximum absolute atomic E-state index is 12.4. The van der Waals surface area contributed by atoms with E-state index in [4.69, 9.17) is 26.8 Å². The van der Waals surface area contributed by atoms with Crippen molar-refractivity contribution in [1.82, 2.24) is 14.9 Å². The van der Waals surface area contributed by atoms with Gasteiger partial charge in [0.05, 0.1) is 18.2 Å². The highest BCUT2D eigenvalue weighted by molar-refractivity contribution is 6.32. The number of rotatable bonds is 4. The molecule has 2 aromatic rings. The number of amides is 1. The van der Waals surface area contributed by atoms with E-state index in [2.05, 4.69) is 9.97 Å². The Morgan fingerprint density at radius 1 is 1.38 bits per heavy atom. The van der Waals surface area contributed by atoms with Gasteiger partial charge >= 0.3 is 0 Å². The summed E-state index contributed by atoms with van der Waals surface area (Å²) in [7, 11) is 0. The Morgan fingerprint density at radius 3 is 2.96 bits per heavy atom. The minimum Gasteiger partial charge on any atom is -0.482 e. The lowest BCUT2D eigenvalue weighted by Crippen LogP contribution is -2.44. The third-order valence-electron chi connectivity index (χ3n) is 3.67. The first-order valence-electron chi connectivity index (χ1n) is 7.48. The Kier molecular flexibility index (Phi) is 5.12. The van der Waals surface area contributed by atoms with Crippen molar-refractivity contribution < 1.29 is 14.3 Å². The molecule has 0 radical (unpaired) electrons. The Hall–Kier alpha value is -2.38. The number of morpholine rings is 1. The van der Waals surface area contributed by atoms with Gasteiger partial charge in [0, 0.05) is 18.9 Å². The molecule has 0 aliphatic carbocycles. The number of anilines is 1. The summed E-state index contributed by atoms with van der Waals surface area (Å²) in [6.45, 7) is 1.15. The van der Waals surface area contributed by atoms with Gasteiger partial charge < -0.3 is 20.1 Å². The van der Waals surface area contributed by atoms with E-state index in [9.17, 15) is 4.79 Å². The van der Waals surface area contributed by atoms with Crippen LogP contribution in [0.15, 0.2) is 36.7 Å². The quantitative estimate of drug-likeness (QED) is 0.904. The molecule has 24 heavy (non-hydrogen) atoms. The first kappa shape index (κ1) is 16.5. The van der Waals surface area contributed by atoms with E-state index in [-0.39, 0.29) is 12.5 Å². The number of ether oxygens (including phenoxy) is 2. The van der Waals surface area contributed by atoms with E-state index in [0.29, 0.717) is 42.0 Å². The maximum atomic E-state index is 12.4. The van der Waals surface area contributed by atoms with E-state index >= 15 is 0 Å². The van der Waals surface area contributed by atoms with Gasteiger partial charge in [-0.25, -0.2) is 4.98 Å². The van der Waals surface area contributed by atoms with Crippen LogP contribution in [-0.4, -0.2) is 47.1 Å². The molecule has 1 amide bonds. The van der Waals surface area contributed by atoms with Crippen LogP contribution < -0.4 is 10.5 Å². The molecule has 0 spiro atoms. The van der Waals surface area contributed by atoms with Crippen LogP contribution in [-0.2, 0) is 9.53 Å². The second-order valence-electron chi connectivity index (χ2n) is 5.25. The summed E-state index contributed by atoms with van der Waals surface area (Å²) in [6, 6.07) is 7.03. The third kappa shape index (κ3) is 3.74. The molecule has 126 valence electrons. The van der Waals surface area contributed by atoms with Gasteiger partial charge in [0.15, 0.2) is 6.61 Å². The zero-order valence-corrected chi connectivity index (χ0v) is 13.6. The molecule has 2 N–H and O–H groups in total. The fourth-order valence-corrected chi connectivity index (χ4v) is 2.63. The topological polar surface area (TPSA) is 90.6 Å².